The van der Waals surface area contributed by atoms with Crippen LogP contribution < -0.4 is 5.32 Å². The van der Waals surface area contributed by atoms with Gasteiger partial charge in [-0.2, -0.15) is 0 Å². The Morgan fingerprint density at radius 2 is 0.704 bits per heavy atom. The van der Waals surface area contributed by atoms with Gasteiger partial charge in [0.1, 0.15) is 0 Å². The van der Waals surface area contributed by atoms with Crippen molar-refractivity contribution >= 4 is 11.9 Å². The van der Waals surface area contributed by atoms with Crippen LogP contribution in [0.3, 0.4) is 0 Å². The van der Waals surface area contributed by atoms with Crippen LogP contribution in [0.25, 0.3) is 0 Å². The molecule has 0 aliphatic rings. The first kappa shape index (κ1) is 69.1. The van der Waals surface area contributed by atoms with Gasteiger partial charge in [-0.3, -0.25) is 9.59 Å². The number of esters is 1. The topological polar surface area (TPSA) is 95.9 Å². The molecule has 0 aliphatic carbocycles. The molecule has 6 heteroatoms. The normalized spacial score (nSPS) is 12.8. The maximum absolute atomic E-state index is 12.5. The average molecular weight is 999 g/mol. The molecule has 0 saturated heterocycles. The smallest absolute Gasteiger partial charge is 0.305 e. The molecule has 71 heavy (non-hydrogen) atoms. The molecule has 0 heterocycles. The van der Waals surface area contributed by atoms with Gasteiger partial charge in [-0.1, -0.05) is 281 Å². The van der Waals surface area contributed by atoms with E-state index in [1.165, 1.54) is 257 Å². The van der Waals surface area contributed by atoms with Crippen LogP contribution in [0.4, 0.5) is 0 Å². The summed E-state index contributed by atoms with van der Waals surface area (Å²) in [5.74, 6) is -0.0361. The van der Waals surface area contributed by atoms with Gasteiger partial charge >= 0.3 is 5.97 Å². The first-order valence-electron chi connectivity index (χ1n) is 31.7. The molecule has 0 fully saturated rings. The van der Waals surface area contributed by atoms with Gasteiger partial charge in [0.2, 0.25) is 5.91 Å². The molecule has 1 amide bonds. The van der Waals surface area contributed by atoms with Crippen LogP contribution in [0, 0.1) is 0 Å². The summed E-state index contributed by atoms with van der Waals surface area (Å²) in [5.41, 5.74) is 0. The van der Waals surface area contributed by atoms with Crippen molar-refractivity contribution in [2.24, 2.45) is 0 Å². The molecule has 2 atom stereocenters. The van der Waals surface area contributed by atoms with E-state index in [2.05, 4.69) is 55.6 Å². The van der Waals surface area contributed by atoms with Crippen LogP contribution in [0.2, 0.25) is 0 Å². The van der Waals surface area contributed by atoms with E-state index in [0.29, 0.717) is 25.9 Å². The molecular weight excluding hydrogens is 875 g/mol. The lowest BCUT2D eigenvalue weighted by atomic mass is 10.0. The van der Waals surface area contributed by atoms with E-state index >= 15 is 0 Å². The van der Waals surface area contributed by atoms with Crippen LogP contribution in [0.5, 0.6) is 0 Å². The highest BCUT2D eigenvalue weighted by molar-refractivity contribution is 5.76. The fourth-order valence-electron chi connectivity index (χ4n) is 9.78. The number of unbranched alkanes of at least 4 members (excludes halogenated alkanes) is 42. The molecule has 3 N–H and O–H groups in total. The Morgan fingerprint density at radius 1 is 0.394 bits per heavy atom. The van der Waals surface area contributed by atoms with Crippen LogP contribution >= 0.6 is 0 Å². The van der Waals surface area contributed by atoms with Gasteiger partial charge < -0.3 is 20.3 Å². The van der Waals surface area contributed by atoms with E-state index in [1.54, 1.807) is 0 Å². The van der Waals surface area contributed by atoms with E-state index < -0.39 is 12.1 Å². The van der Waals surface area contributed by atoms with E-state index in [-0.39, 0.29) is 18.5 Å². The second kappa shape index (κ2) is 60.6. The summed E-state index contributed by atoms with van der Waals surface area (Å²) in [4.78, 5) is 24.5. The van der Waals surface area contributed by atoms with Crippen molar-refractivity contribution in [3.05, 3.63) is 36.5 Å². The summed E-state index contributed by atoms with van der Waals surface area (Å²) in [6, 6.07) is -0.544. The monoisotopic (exact) mass is 998 g/mol. The Kier molecular flexibility index (Phi) is 59.0. The number of aliphatic hydroxyl groups excluding tert-OH is 2. The van der Waals surface area contributed by atoms with E-state index in [0.717, 1.165) is 51.4 Å². The van der Waals surface area contributed by atoms with Crippen LogP contribution in [0.15, 0.2) is 36.5 Å². The average Bonchev–Trinajstić information content (AvgIpc) is 3.37. The molecule has 0 aromatic rings. The predicted molar refractivity (Wildman–Crippen MR) is 310 cm³/mol. The third-order valence-electron chi connectivity index (χ3n) is 14.7. The third-order valence-corrected chi connectivity index (χ3v) is 14.7. The number of amides is 1. The second-order valence-corrected chi connectivity index (χ2v) is 21.7. The van der Waals surface area contributed by atoms with Gasteiger partial charge in [-0.05, 0) is 83.5 Å². The lowest BCUT2D eigenvalue weighted by Crippen LogP contribution is -2.45. The summed E-state index contributed by atoms with van der Waals surface area (Å²) in [6.45, 7) is 4.94. The molecule has 0 rings (SSSR count). The lowest BCUT2D eigenvalue weighted by molar-refractivity contribution is -0.143. The van der Waals surface area contributed by atoms with E-state index in [4.69, 9.17) is 4.74 Å². The first-order chi connectivity index (χ1) is 35.0. The first-order valence-corrected chi connectivity index (χ1v) is 31.7. The minimum Gasteiger partial charge on any atom is -0.466 e. The Labute approximate surface area is 443 Å². The number of aliphatic hydroxyl groups is 2. The highest BCUT2D eigenvalue weighted by Gasteiger charge is 2.20. The number of carbonyl (C=O) groups excluding carboxylic acids is 2. The molecule has 0 aliphatic heterocycles. The number of hydrogen-bond donors (Lipinski definition) is 3. The highest BCUT2D eigenvalue weighted by Crippen LogP contribution is 2.17. The van der Waals surface area contributed by atoms with Crippen molar-refractivity contribution < 1.29 is 24.5 Å². The number of carbonyl (C=O) groups is 2. The van der Waals surface area contributed by atoms with Crippen molar-refractivity contribution in [3.63, 3.8) is 0 Å². The Bertz CT molecular complexity index is 1150. The number of nitrogens with one attached hydrogen (secondary N) is 1. The van der Waals surface area contributed by atoms with Crippen LogP contribution in [0.1, 0.15) is 341 Å². The summed E-state index contributed by atoms with van der Waals surface area (Å²) >= 11 is 0. The van der Waals surface area contributed by atoms with Crippen molar-refractivity contribution in [1.29, 1.82) is 0 Å². The standard InChI is InChI=1S/C65H123NO5/c1-3-5-7-9-11-13-15-17-31-34-37-41-45-49-53-57-63(68)62(61-67)66-64(69)58-54-50-46-42-38-35-32-29-27-25-23-21-19-18-20-22-24-26-28-30-33-36-40-44-48-52-56-60-71-65(70)59-55-51-47-43-39-16-14-12-10-8-6-4-2/h12,14,18-19,22,24,62-63,67-68H,3-11,13,15-17,20-21,23,25-61H2,1-2H3,(H,66,69)/b14-12-,19-18-,24-22-. The predicted octanol–water partition coefficient (Wildman–Crippen LogP) is 20.0. The molecule has 0 spiro atoms. The number of rotatable bonds is 59. The number of allylic oxidation sites excluding steroid dienone is 6. The van der Waals surface area contributed by atoms with Crippen LogP contribution in [-0.4, -0.2) is 47.4 Å². The second-order valence-electron chi connectivity index (χ2n) is 21.7. The van der Waals surface area contributed by atoms with Gasteiger partial charge in [0.05, 0.1) is 25.4 Å². The maximum Gasteiger partial charge on any atom is 0.305 e. The zero-order valence-electron chi connectivity index (χ0n) is 47.7. The van der Waals surface area contributed by atoms with Gasteiger partial charge in [0, 0.05) is 12.8 Å². The largest absolute Gasteiger partial charge is 0.466 e. The molecule has 0 bridgehead atoms. The van der Waals surface area contributed by atoms with Crippen molar-refractivity contribution in [3.8, 4) is 0 Å². The van der Waals surface area contributed by atoms with Crippen molar-refractivity contribution in [2.75, 3.05) is 13.2 Å². The third kappa shape index (κ3) is 57.2. The van der Waals surface area contributed by atoms with Gasteiger partial charge in [-0.25, -0.2) is 0 Å². The van der Waals surface area contributed by atoms with Gasteiger partial charge in [0.25, 0.3) is 0 Å². The molecule has 6 nitrogen and oxygen atoms in total. The summed E-state index contributed by atoms with van der Waals surface area (Å²) in [5, 5.41) is 23.3. The lowest BCUT2D eigenvalue weighted by Gasteiger charge is -2.22. The molecule has 0 aromatic heterocycles. The zero-order valence-corrected chi connectivity index (χ0v) is 47.7. The molecule has 0 aromatic carbocycles. The summed E-state index contributed by atoms with van der Waals surface area (Å²) < 4.78 is 5.46. The Balaban J connectivity index is 3.42. The van der Waals surface area contributed by atoms with Crippen molar-refractivity contribution in [2.45, 2.75) is 353 Å². The fraction of sp³-hybridized carbons (Fsp3) is 0.877. The van der Waals surface area contributed by atoms with Gasteiger partial charge in [-0.15, -0.1) is 0 Å². The van der Waals surface area contributed by atoms with E-state index in [9.17, 15) is 19.8 Å². The molecular formula is C65H123NO5. The van der Waals surface area contributed by atoms with Crippen molar-refractivity contribution in [1.82, 2.24) is 5.32 Å². The van der Waals surface area contributed by atoms with Crippen LogP contribution in [-0.2, 0) is 14.3 Å². The Hall–Kier alpha value is -1.92. The summed E-state index contributed by atoms with van der Waals surface area (Å²) in [6.07, 6.45) is 75.9. The Morgan fingerprint density at radius 3 is 1.11 bits per heavy atom. The molecule has 0 saturated carbocycles. The van der Waals surface area contributed by atoms with Gasteiger partial charge in [0.15, 0.2) is 0 Å². The van der Waals surface area contributed by atoms with E-state index in [1.807, 2.05) is 0 Å². The minimum atomic E-state index is -0.666. The zero-order chi connectivity index (χ0) is 51.4. The minimum absolute atomic E-state index is 0.000512. The molecule has 2 unspecified atom stereocenters. The maximum atomic E-state index is 12.5. The molecule has 0 radical (unpaired) electrons. The molecule has 418 valence electrons. The number of hydrogen-bond acceptors (Lipinski definition) is 5. The quantitative estimate of drug-likeness (QED) is 0.0321. The number of ether oxygens (including phenoxy) is 1. The SMILES string of the molecule is CCCCC/C=C\CCCCCCCC(=O)OCCCCCCCCCCC/C=C\C/C=C\CCCCCCCCCCCCCC(=O)NC(CO)C(O)CCCCCCCCCCCCCCCCC. The highest BCUT2D eigenvalue weighted by atomic mass is 16.5. The fourth-order valence-corrected chi connectivity index (χ4v) is 9.78. The summed E-state index contributed by atoms with van der Waals surface area (Å²) in [7, 11) is 0.